The molecule has 56 heavy (non-hydrogen) atoms. The fraction of sp³-hybridized carbons (Fsp3) is 0.170. The molecule has 8 aromatic rings. The van der Waals surface area contributed by atoms with Gasteiger partial charge in [-0.15, -0.1) is 5.10 Å². The summed E-state index contributed by atoms with van der Waals surface area (Å²) in [7, 11) is 0. The summed E-state index contributed by atoms with van der Waals surface area (Å²) in [6.45, 7) is 16.2. The van der Waals surface area contributed by atoms with Gasteiger partial charge in [0.1, 0.15) is 12.0 Å². The van der Waals surface area contributed by atoms with Crippen LogP contribution in [0.5, 0.6) is 0 Å². The number of benzene rings is 5. The minimum Gasteiger partial charge on any atom is -0.262 e. The molecule has 0 aliphatic carbocycles. The molecule has 8 rings (SSSR count). The van der Waals surface area contributed by atoms with E-state index < -0.39 is 0 Å². The van der Waals surface area contributed by atoms with Crippen molar-refractivity contribution in [3.05, 3.63) is 191 Å². The summed E-state index contributed by atoms with van der Waals surface area (Å²) in [4.78, 5) is 8.00. The van der Waals surface area contributed by atoms with Crippen molar-refractivity contribution < 1.29 is 21.1 Å². The van der Waals surface area contributed by atoms with Crippen LogP contribution in [-0.2, 0) is 27.6 Å². The molecule has 0 amide bonds. The zero-order valence-corrected chi connectivity index (χ0v) is 35.4. The predicted molar refractivity (Wildman–Crippen MR) is 228 cm³/mol. The first-order valence-electron chi connectivity index (χ1n) is 18.6. The predicted octanol–water partition coefficient (Wildman–Crippen LogP) is 8.22. The number of nitrogens with zero attached hydrogens (tertiary/aromatic N) is 6. The maximum Gasteiger partial charge on any atom is 2.00 e. The summed E-state index contributed by atoms with van der Waals surface area (Å²) in [6.07, 6.45) is 5.34. The topological polar surface area (TPSA) is 85.2 Å². The van der Waals surface area contributed by atoms with Crippen molar-refractivity contribution in [2.75, 3.05) is 0 Å². The largest absolute Gasteiger partial charge is 2.00 e. The van der Waals surface area contributed by atoms with Crippen molar-refractivity contribution in [3.63, 3.8) is 0 Å². The van der Waals surface area contributed by atoms with E-state index in [0.29, 0.717) is 6.54 Å². The maximum atomic E-state index is 4.53. The van der Waals surface area contributed by atoms with Crippen LogP contribution in [0.1, 0.15) is 44.6 Å². The van der Waals surface area contributed by atoms with E-state index in [2.05, 4.69) is 145 Å². The van der Waals surface area contributed by atoms with Gasteiger partial charge in [-0.05, 0) is 66.2 Å². The van der Waals surface area contributed by atoms with Gasteiger partial charge in [-0.2, -0.15) is 5.10 Å². The Morgan fingerprint density at radius 1 is 0.589 bits per heavy atom. The molecule has 0 saturated heterocycles. The SMILES string of the molecule is Cc1cc(C)c(B(c2cccc(-c3cn(Cc4ccccc4)nn3)c2)c2c(C)cc(C)cc2C)c(C)c1.Cc1ccccn1.[Pt+2].c1ccc(-c2ncn[nH]2)cc1. The number of hydrogen-bond acceptors (Lipinski definition) is 5. The first-order valence-corrected chi connectivity index (χ1v) is 18.6. The number of rotatable bonds is 7. The molecule has 0 atom stereocenters. The van der Waals surface area contributed by atoms with E-state index in [1.807, 2.05) is 72.4 Å². The molecule has 0 bridgehead atoms. The van der Waals surface area contributed by atoms with Crippen molar-refractivity contribution in [2.45, 2.75) is 55.0 Å². The van der Waals surface area contributed by atoms with Gasteiger partial charge in [0.2, 0.25) is 6.71 Å². The van der Waals surface area contributed by atoms with Gasteiger partial charge in [-0.1, -0.05) is 170 Å². The van der Waals surface area contributed by atoms with Crippen molar-refractivity contribution in [3.8, 4) is 22.6 Å². The van der Waals surface area contributed by atoms with Gasteiger partial charge >= 0.3 is 21.1 Å². The summed E-state index contributed by atoms with van der Waals surface area (Å²) < 4.78 is 1.91. The molecule has 0 aliphatic heterocycles. The van der Waals surface area contributed by atoms with Crippen LogP contribution in [0.4, 0.5) is 0 Å². The third-order valence-electron chi connectivity index (χ3n) is 9.57. The van der Waals surface area contributed by atoms with Crippen molar-refractivity contribution in [1.29, 1.82) is 0 Å². The molecular weight excluding hydrogens is 868 g/mol. The quantitative estimate of drug-likeness (QED) is 0.163. The van der Waals surface area contributed by atoms with Crippen LogP contribution in [0.3, 0.4) is 0 Å². The summed E-state index contributed by atoms with van der Waals surface area (Å²) in [5.74, 6) is 0.811. The van der Waals surface area contributed by atoms with Crippen LogP contribution in [0.15, 0.2) is 146 Å². The van der Waals surface area contributed by atoms with Crippen molar-refractivity contribution in [1.82, 2.24) is 35.2 Å². The van der Waals surface area contributed by atoms with Gasteiger partial charge in [-0.3, -0.25) is 10.1 Å². The normalized spacial score (nSPS) is 10.3. The molecule has 0 unspecified atom stereocenters. The number of aryl methyl sites for hydroxylation is 7. The number of hydrogen-bond donors (Lipinski definition) is 1. The fourth-order valence-corrected chi connectivity index (χ4v) is 7.32. The molecular formula is C47H48BN7Pt+2. The monoisotopic (exact) mass is 916 g/mol. The zero-order valence-electron chi connectivity index (χ0n) is 33.1. The second-order valence-electron chi connectivity index (χ2n) is 14.1. The van der Waals surface area contributed by atoms with Gasteiger partial charge in [0.05, 0.1) is 12.7 Å². The first kappa shape index (κ1) is 41.4. The third kappa shape index (κ3) is 10.7. The Kier molecular flexibility index (Phi) is 14.6. The van der Waals surface area contributed by atoms with Gasteiger partial charge in [-0.25, -0.2) is 9.67 Å². The Morgan fingerprint density at radius 2 is 1.16 bits per heavy atom. The molecule has 0 aliphatic rings. The van der Waals surface area contributed by atoms with Crippen molar-refractivity contribution >= 4 is 23.1 Å². The average molecular weight is 917 g/mol. The zero-order chi connectivity index (χ0) is 38.7. The standard InChI is InChI=1S/C33H34BN3.C8H7N3.C6H7N.Pt/c1-22-15-24(3)32(25(4)16-22)34(33-26(5)17-23(2)18-27(33)6)30-14-10-13-29(19-30)31-21-37(36-35-31)20-28-11-8-7-9-12-28;1-2-4-7(5-3-1)8-9-6-10-11-8;1-6-4-2-3-5-7-6;/h7-19,21H,20H2,1-6H3;1-6H,(H,9,10,11);2-5H,1H3;/q;;;+2. The molecule has 9 heteroatoms. The van der Waals surface area contributed by atoms with E-state index in [4.69, 9.17) is 0 Å². The molecule has 5 aromatic carbocycles. The van der Waals surface area contributed by atoms with Crippen LogP contribution >= 0.6 is 0 Å². The van der Waals surface area contributed by atoms with Gasteiger partial charge < -0.3 is 0 Å². The number of nitrogens with one attached hydrogen (secondary N) is 1. The number of aromatic nitrogens is 7. The Hall–Kier alpha value is -5.72. The molecule has 3 heterocycles. The van der Waals surface area contributed by atoms with E-state index in [-0.39, 0.29) is 27.8 Å². The molecule has 3 aromatic heterocycles. The molecule has 7 nitrogen and oxygen atoms in total. The molecule has 282 valence electrons. The first-order chi connectivity index (χ1) is 26.7. The third-order valence-corrected chi connectivity index (χ3v) is 9.57. The van der Waals surface area contributed by atoms with E-state index in [1.165, 1.54) is 61.7 Å². The Bertz CT molecular complexity index is 2330. The van der Waals surface area contributed by atoms with E-state index in [0.717, 1.165) is 28.3 Å². The van der Waals surface area contributed by atoms with Crippen LogP contribution in [0.2, 0.25) is 0 Å². The minimum absolute atomic E-state index is 0. The number of H-pyrrole nitrogens is 1. The Balaban J connectivity index is 0.000000257. The summed E-state index contributed by atoms with van der Waals surface area (Å²) in [6, 6.07) is 44.2. The van der Waals surface area contributed by atoms with Crippen LogP contribution in [-0.4, -0.2) is 41.9 Å². The van der Waals surface area contributed by atoms with Gasteiger partial charge in [0.15, 0.2) is 5.82 Å². The van der Waals surface area contributed by atoms with Crippen LogP contribution in [0, 0.1) is 48.5 Å². The number of pyridine rings is 1. The van der Waals surface area contributed by atoms with Gasteiger partial charge in [0.25, 0.3) is 0 Å². The van der Waals surface area contributed by atoms with E-state index in [9.17, 15) is 0 Å². The van der Waals surface area contributed by atoms with E-state index in [1.54, 1.807) is 6.20 Å². The number of aromatic amines is 1. The fourth-order valence-electron chi connectivity index (χ4n) is 7.32. The molecule has 0 radical (unpaired) electrons. The second kappa shape index (κ2) is 19.7. The minimum atomic E-state index is 0. The molecule has 0 fully saturated rings. The maximum absolute atomic E-state index is 4.53. The van der Waals surface area contributed by atoms with Gasteiger partial charge in [0, 0.05) is 23.0 Å². The van der Waals surface area contributed by atoms with Crippen LogP contribution in [0.25, 0.3) is 22.6 Å². The summed E-state index contributed by atoms with van der Waals surface area (Å²) in [5, 5.41) is 15.5. The summed E-state index contributed by atoms with van der Waals surface area (Å²) >= 11 is 0. The molecule has 0 saturated carbocycles. The van der Waals surface area contributed by atoms with Crippen molar-refractivity contribution in [2.24, 2.45) is 0 Å². The second-order valence-corrected chi connectivity index (χ2v) is 14.1. The molecule has 0 spiro atoms. The average Bonchev–Trinajstić information content (AvgIpc) is 3.89. The summed E-state index contributed by atoms with van der Waals surface area (Å²) in [5.41, 5.74) is 17.3. The Morgan fingerprint density at radius 3 is 1.68 bits per heavy atom. The Labute approximate surface area is 346 Å². The smallest absolute Gasteiger partial charge is 0.262 e. The molecule has 1 N–H and O–H groups in total. The van der Waals surface area contributed by atoms with Crippen LogP contribution < -0.4 is 16.4 Å². The van der Waals surface area contributed by atoms with E-state index >= 15 is 0 Å².